The van der Waals surface area contributed by atoms with Gasteiger partial charge in [-0.15, -0.1) is 12.6 Å². The van der Waals surface area contributed by atoms with Crippen molar-refractivity contribution in [1.29, 1.82) is 0 Å². The molecule has 0 saturated heterocycles. The molecule has 2 aromatic rings. The van der Waals surface area contributed by atoms with Gasteiger partial charge in [0.15, 0.2) is 0 Å². The smallest absolute Gasteiger partial charge is 0.251 e. The van der Waals surface area contributed by atoms with Gasteiger partial charge in [0.1, 0.15) is 5.82 Å². The van der Waals surface area contributed by atoms with Gasteiger partial charge in [0.05, 0.1) is 0 Å². The van der Waals surface area contributed by atoms with Gasteiger partial charge in [-0.2, -0.15) is 0 Å². The fourth-order valence-electron chi connectivity index (χ4n) is 1.54. The maximum Gasteiger partial charge on any atom is 0.251 e. The van der Waals surface area contributed by atoms with Crippen LogP contribution in [0.1, 0.15) is 15.9 Å². The van der Waals surface area contributed by atoms with Gasteiger partial charge in [-0.25, -0.2) is 4.39 Å². The minimum absolute atomic E-state index is 0.152. The van der Waals surface area contributed by atoms with E-state index in [-0.39, 0.29) is 10.8 Å². The number of carbonyl (C=O) groups excluding carboxylic acids is 1. The average Bonchev–Trinajstić information content (AvgIpc) is 2.41. The molecule has 0 fully saturated rings. The summed E-state index contributed by atoms with van der Waals surface area (Å²) in [5.41, 5.74) is 1.31. The molecule has 0 heterocycles. The highest BCUT2D eigenvalue weighted by Gasteiger charge is 2.07. The summed E-state index contributed by atoms with van der Waals surface area (Å²) in [5.74, 6) is -0.720. The van der Waals surface area contributed by atoms with Crippen molar-refractivity contribution in [1.82, 2.24) is 5.32 Å². The fourth-order valence-corrected chi connectivity index (χ4v) is 1.88. The fraction of sp³-hybridized carbons (Fsp3) is 0.0714. The number of rotatable bonds is 3. The first-order chi connectivity index (χ1) is 9.06. The van der Waals surface area contributed by atoms with E-state index >= 15 is 0 Å². The molecule has 1 N–H and O–H groups in total. The highest BCUT2D eigenvalue weighted by Crippen LogP contribution is 2.14. The Morgan fingerprint density at radius 1 is 1.21 bits per heavy atom. The number of nitrogens with one attached hydrogen (secondary N) is 1. The molecule has 19 heavy (non-hydrogen) atoms. The molecule has 2 aromatic carbocycles. The van der Waals surface area contributed by atoms with E-state index in [9.17, 15) is 9.18 Å². The lowest BCUT2D eigenvalue weighted by Gasteiger charge is -2.06. The monoisotopic (exact) mass is 295 g/mol. The molecule has 0 atom stereocenters. The molecule has 0 aromatic heterocycles. The van der Waals surface area contributed by atoms with Gasteiger partial charge in [0, 0.05) is 22.0 Å². The van der Waals surface area contributed by atoms with Crippen LogP contribution in [0.4, 0.5) is 4.39 Å². The van der Waals surface area contributed by atoms with E-state index in [4.69, 9.17) is 11.6 Å². The quantitative estimate of drug-likeness (QED) is 0.831. The molecular weight excluding hydrogens is 285 g/mol. The zero-order valence-corrected chi connectivity index (χ0v) is 11.5. The summed E-state index contributed by atoms with van der Waals surface area (Å²) in [6, 6.07) is 11.2. The van der Waals surface area contributed by atoms with E-state index in [2.05, 4.69) is 17.9 Å². The minimum atomic E-state index is -0.447. The van der Waals surface area contributed by atoms with Gasteiger partial charge >= 0.3 is 0 Å². The Kier molecular flexibility index (Phi) is 4.45. The number of amides is 1. The third-order valence-corrected chi connectivity index (χ3v) is 3.17. The van der Waals surface area contributed by atoms with Crippen molar-refractivity contribution < 1.29 is 9.18 Å². The highest BCUT2D eigenvalue weighted by atomic mass is 35.5. The molecule has 0 aliphatic carbocycles. The highest BCUT2D eigenvalue weighted by molar-refractivity contribution is 7.80. The molecule has 0 spiro atoms. The maximum absolute atomic E-state index is 13.0. The Bertz CT molecular complexity index is 601. The van der Waals surface area contributed by atoms with Crippen LogP contribution in [0.3, 0.4) is 0 Å². The topological polar surface area (TPSA) is 29.1 Å². The number of carbonyl (C=O) groups is 1. The van der Waals surface area contributed by atoms with E-state index < -0.39 is 5.82 Å². The molecule has 5 heteroatoms. The molecule has 0 bridgehead atoms. The van der Waals surface area contributed by atoms with Crippen LogP contribution in [0.5, 0.6) is 0 Å². The molecule has 0 aliphatic heterocycles. The molecule has 0 saturated carbocycles. The van der Waals surface area contributed by atoms with E-state index in [1.165, 1.54) is 18.2 Å². The third kappa shape index (κ3) is 3.72. The summed E-state index contributed by atoms with van der Waals surface area (Å²) in [6.45, 7) is 0.384. The number of thiol groups is 1. The normalized spacial score (nSPS) is 10.3. The molecule has 0 radical (unpaired) electrons. The van der Waals surface area contributed by atoms with Gasteiger partial charge in [-0.3, -0.25) is 4.79 Å². The molecular formula is C14H11ClFNOS. The van der Waals surface area contributed by atoms with Gasteiger partial charge in [0.2, 0.25) is 0 Å². The standard InChI is InChI=1S/C14H11ClFNOS/c15-11-4-1-9(2-5-11)8-17-14(18)10-3-6-12(16)13(19)7-10/h1-7,19H,8H2,(H,17,18). The lowest BCUT2D eigenvalue weighted by Crippen LogP contribution is -2.22. The largest absolute Gasteiger partial charge is 0.348 e. The van der Waals surface area contributed by atoms with E-state index in [1.807, 2.05) is 12.1 Å². The third-order valence-electron chi connectivity index (χ3n) is 2.57. The Hall–Kier alpha value is -1.52. The van der Waals surface area contributed by atoms with E-state index in [1.54, 1.807) is 12.1 Å². The second-order valence-electron chi connectivity index (χ2n) is 3.98. The Morgan fingerprint density at radius 2 is 1.89 bits per heavy atom. The summed E-state index contributed by atoms with van der Waals surface area (Å²) in [6.07, 6.45) is 0. The first-order valence-corrected chi connectivity index (χ1v) is 6.40. The van der Waals surface area contributed by atoms with Crippen molar-refractivity contribution in [2.24, 2.45) is 0 Å². The number of benzene rings is 2. The average molecular weight is 296 g/mol. The second-order valence-corrected chi connectivity index (χ2v) is 4.89. The van der Waals surface area contributed by atoms with Crippen LogP contribution in [-0.2, 0) is 6.54 Å². The van der Waals surface area contributed by atoms with Gasteiger partial charge < -0.3 is 5.32 Å². The maximum atomic E-state index is 13.0. The van der Waals surface area contributed by atoms with Crippen LogP contribution in [0.25, 0.3) is 0 Å². The van der Waals surface area contributed by atoms with Gasteiger partial charge in [0.25, 0.3) is 5.91 Å². The van der Waals surface area contributed by atoms with Crippen molar-refractivity contribution in [3.63, 3.8) is 0 Å². The van der Waals surface area contributed by atoms with Crippen LogP contribution >= 0.6 is 24.2 Å². The first-order valence-electron chi connectivity index (χ1n) is 5.57. The van der Waals surface area contributed by atoms with Crippen LogP contribution in [0.15, 0.2) is 47.4 Å². The van der Waals surface area contributed by atoms with Crippen molar-refractivity contribution >= 4 is 30.1 Å². The van der Waals surface area contributed by atoms with Crippen LogP contribution in [0, 0.1) is 5.82 Å². The zero-order valence-electron chi connectivity index (χ0n) is 9.86. The number of halogens is 2. The SMILES string of the molecule is O=C(NCc1ccc(Cl)cc1)c1ccc(F)c(S)c1. The molecule has 2 nitrogen and oxygen atoms in total. The van der Waals surface area contributed by atoms with Gasteiger partial charge in [-0.1, -0.05) is 23.7 Å². The van der Waals surface area contributed by atoms with Crippen LogP contribution in [0.2, 0.25) is 5.02 Å². The summed E-state index contributed by atoms with van der Waals surface area (Å²) in [4.78, 5) is 12.0. The zero-order chi connectivity index (χ0) is 13.8. The predicted octanol–water partition coefficient (Wildman–Crippen LogP) is 3.70. The van der Waals surface area contributed by atoms with Crippen LogP contribution in [-0.4, -0.2) is 5.91 Å². The minimum Gasteiger partial charge on any atom is -0.348 e. The first kappa shape index (κ1) is 13.9. The molecule has 0 unspecified atom stereocenters. The lowest BCUT2D eigenvalue weighted by molar-refractivity contribution is 0.0950. The van der Waals surface area contributed by atoms with E-state index in [0.717, 1.165) is 5.56 Å². The van der Waals surface area contributed by atoms with E-state index in [0.29, 0.717) is 17.1 Å². The Morgan fingerprint density at radius 3 is 2.53 bits per heavy atom. The summed E-state index contributed by atoms with van der Waals surface area (Å²) in [5, 5.41) is 3.39. The second kappa shape index (κ2) is 6.08. The van der Waals surface area contributed by atoms with Crippen molar-refractivity contribution in [3.8, 4) is 0 Å². The summed E-state index contributed by atoms with van der Waals surface area (Å²) in [7, 11) is 0. The van der Waals surface area contributed by atoms with Crippen molar-refractivity contribution in [2.75, 3.05) is 0 Å². The Labute approximate surface area is 121 Å². The van der Waals surface area contributed by atoms with Gasteiger partial charge in [-0.05, 0) is 35.9 Å². The summed E-state index contributed by atoms with van der Waals surface area (Å²) >= 11 is 9.71. The van der Waals surface area contributed by atoms with Crippen LogP contribution < -0.4 is 5.32 Å². The predicted molar refractivity (Wildman–Crippen MR) is 76.3 cm³/mol. The molecule has 2 rings (SSSR count). The Balaban J connectivity index is 2.01. The number of hydrogen-bond acceptors (Lipinski definition) is 2. The number of hydrogen-bond donors (Lipinski definition) is 2. The summed E-state index contributed by atoms with van der Waals surface area (Å²) < 4.78 is 13.0. The molecule has 0 aliphatic rings. The molecule has 98 valence electrons. The molecule has 1 amide bonds. The lowest BCUT2D eigenvalue weighted by atomic mass is 10.2. The van der Waals surface area contributed by atoms with Crippen molar-refractivity contribution in [3.05, 3.63) is 64.4 Å². The van der Waals surface area contributed by atoms with Crippen molar-refractivity contribution in [2.45, 2.75) is 11.4 Å².